The van der Waals surface area contributed by atoms with Gasteiger partial charge in [0, 0.05) is 24.4 Å². The van der Waals surface area contributed by atoms with Gasteiger partial charge in [0.1, 0.15) is 5.01 Å². The lowest BCUT2D eigenvalue weighted by molar-refractivity contribution is 0.190. The summed E-state index contributed by atoms with van der Waals surface area (Å²) in [6.07, 6.45) is 5.39. The van der Waals surface area contributed by atoms with Gasteiger partial charge < -0.3 is 10.1 Å². The molecule has 1 heterocycles. The second-order valence-electron chi connectivity index (χ2n) is 6.79. The first-order valence-electron chi connectivity index (χ1n) is 7.70. The van der Waals surface area contributed by atoms with Crippen molar-refractivity contribution >= 4 is 11.3 Å². The molecule has 3 nitrogen and oxygen atoms in total. The molecule has 1 aliphatic rings. The number of aromatic nitrogens is 1. The van der Waals surface area contributed by atoms with E-state index in [-0.39, 0.29) is 5.41 Å². The first kappa shape index (κ1) is 15.9. The molecule has 114 valence electrons. The predicted molar refractivity (Wildman–Crippen MR) is 85.4 cm³/mol. The van der Waals surface area contributed by atoms with Gasteiger partial charge in [0.05, 0.1) is 18.3 Å². The standard InChI is InChI=1S/C16H28N2OS/c1-16(2,3)13-11-20-15(18-13)14(17-9-10-19-4)12-7-5-6-8-12/h11-12,14,17H,5-10H2,1-4H3. The fourth-order valence-corrected chi connectivity index (χ4v) is 4.05. The third kappa shape index (κ3) is 4.03. The molecule has 2 rings (SSSR count). The zero-order chi connectivity index (χ0) is 14.6. The van der Waals surface area contributed by atoms with Crippen LogP contribution in [0.2, 0.25) is 0 Å². The summed E-state index contributed by atoms with van der Waals surface area (Å²) in [6, 6.07) is 0.411. The lowest BCUT2D eigenvalue weighted by Gasteiger charge is -2.23. The summed E-state index contributed by atoms with van der Waals surface area (Å²) in [5, 5.41) is 7.16. The number of hydrogen-bond donors (Lipinski definition) is 1. The van der Waals surface area contributed by atoms with Crippen LogP contribution < -0.4 is 5.32 Å². The number of rotatable bonds is 6. The summed E-state index contributed by atoms with van der Waals surface area (Å²) in [7, 11) is 1.76. The number of methoxy groups -OCH3 is 1. The highest BCUT2D eigenvalue weighted by atomic mass is 32.1. The molecule has 20 heavy (non-hydrogen) atoms. The van der Waals surface area contributed by atoms with Crippen molar-refractivity contribution in [3.63, 3.8) is 0 Å². The number of nitrogens with one attached hydrogen (secondary N) is 1. The van der Waals surface area contributed by atoms with Crippen LogP contribution >= 0.6 is 11.3 Å². The maximum atomic E-state index is 5.17. The minimum atomic E-state index is 0.140. The number of thiazole rings is 1. The van der Waals surface area contributed by atoms with E-state index in [1.165, 1.54) is 36.4 Å². The molecule has 1 saturated carbocycles. The average molecular weight is 296 g/mol. The van der Waals surface area contributed by atoms with E-state index in [4.69, 9.17) is 9.72 Å². The molecule has 1 atom stereocenters. The van der Waals surface area contributed by atoms with Crippen LogP contribution in [-0.2, 0) is 10.2 Å². The molecule has 1 aromatic rings. The topological polar surface area (TPSA) is 34.1 Å². The maximum absolute atomic E-state index is 5.17. The molecule has 0 amide bonds. The van der Waals surface area contributed by atoms with E-state index in [2.05, 4.69) is 31.5 Å². The zero-order valence-electron chi connectivity index (χ0n) is 13.2. The molecule has 0 bridgehead atoms. The summed E-state index contributed by atoms with van der Waals surface area (Å²) < 4.78 is 5.17. The van der Waals surface area contributed by atoms with Crippen molar-refractivity contribution in [3.05, 3.63) is 16.1 Å². The van der Waals surface area contributed by atoms with Crippen molar-refractivity contribution in [1.82, 2.24) is 10.3 Å². The molecule has 1 aliphatic carbocycles. The Labute approximate surface area is 127 Å². The number of nitrogens with zero attached hydrogens (tertiary/aromatic N) is 1. The highest BCUT2D eigenvalue weighted by molar-refractivity contribution is 7.09. The van der Waals surface area contributed by atoms with Gasteiger partial charge >= 0.3 is 0 Å². The van der Waals surface area contributed by atoms with E-state index in [0.29, 0.717) is 6.04 Å². The van der Waals surface area contributed by atoms with Gasteiger partial charge in [-0.15, -0.1) is 11.3 Å². The van der Waals surface area contributed by atoms with E-state index in [1.807, 2.05) is 11.3 Å². The third-order valence-electron chi connectivity index (χ3n) is 4.10. The first-order valence-corrected chi connectivity index (χ1v) is 8.58. The van der Waals surface area contributed by atoms with E-state index in [9.17, 15) is 0 Å². The van der Waals surface area contributed by atoms with Gasteiger partial charge in [0.25, 0.3) is 0 Å². The molecular formula is C16H28N2OS. The molecule has 1 N–H and O–H groups in total. The molecule has 0 saturated heterocycles. The molecule has 0 radical (unpaired) electrons. The second-order valence-corrected chi connectivity index (χ2v) is 7.68. The van der Waals surface area contributed by atoms with Crippen LogP contribution in [0.4, 0.5) is 0 Å². The molecule has 0 spiro atoms. The van der Waals surface area contributed by atoms with Crippen LogP contribution in [0.3, 0.4) is 0 Å². The minimum absolute atomic E-state index is 0.140. The summed E-state index contributed by atoms with van der Waals surface area (Å²) in [4.78, 5) is 4.92. The number of ether oxygens (including phenoxy) is 1. The average Bonchev–Trinajstić information content (AvgIpc) is 3.05. The van der Waals surface area contributed by atoms with Gasteiger partial charge in [-0.25, -0.2) is 4.98 Å². The summed E-state index contributed by atoms with van der Waals surface area (Å²) >= 11 is 1.81. The van der Waals surface area contributed by atoms with Gasteiger partial charge in [0.15, 0.2) is 0 Å². The molecule has 1 fully saturated rings. The molecule has 1 aromatic heterocycles. The van der Waals surface area contributed by atoms with Crippen LogP contribution in [0.1, 0.15) is 63.2 Å². The largest absolute Gasteiger partial charge is 0.383 e. The summed E-state index contributed by atoms with van der Waals surface area (Å²) in [6.45, 7) is 8.36. The van der Waals surface area contributed by atoms with E-state index in [1.54, 1.807) is 7.11 Å². The molecular weight excluding hydrogens is 268 g/mol. The normalized spacial score (nSPS) is 18.6. The van der Waals surface area contributed by atoms with E-state index in [0.717, 1.165) is 19.1 Å². The monoisotopic (exact) mass is 296 g/mol. The van der Waals surface area contributed by atoms with Gasteiger partial charge in [-0.2, -0.15) is 0 Å². The van der Waals surface area contributed by atoms with Crippen molar-refractivity contribution < 1.29 is 4.74 Å². The Morgan fingerprint density at radius 2 is 2.10 bits per heavy atom. The Morgan fingerprint density at radius 1 is 1.40 bits per heavy atom. The van der Waals surface area contributed by atoms with Gasteiger partial charge in [-0.3, -0.25) is 0 Å². The fourth-order valence-electron chi connectivity index (χ4n) is 2.84. The summed E-state index contributed by atoms with van der Waals surface area (Å²) in [5.41, 5.74) is 1.36. The van der Waals surface area contributed by atoms with Crippen molar-refractivity contribution in [3.8, 4) is 0 Å². The second kappa shape index (κ2) is 7.01. The summed E-state index contributed by atoms with van der Waals surface area (Å²) in [5.74, 6) is 0.742. The van der Waals surface area contributed by atoms with Crippen LogP contribution in [0.25, 0.3) is 0 Å². The molecule has 1 unspecified atom stereocenters. The highest BCUT2D eigenvalue weighted by Gasteiger charge is 2.29. The Bertz CT molecular complexity index is 405. The Balaban J connectivity index is 2.10. The van der Waals surface area contributed by atoms with Gasteiger partial charge in [-0.05, 0) is 18.8 Å². The van der Waals surface area contributed by atoms with Crippen LogP contribution in [0.5, 0.6) is 0 Å². The van der Waals surface area contributed by atoms with Crippen molar-refractivity contribution in [1.29, 1.82) is 0 Å². The van der Waals surface area contributed by atoms with Crippen molar-refractivity contribution in [2.75, 3.05) is 20.3 Å². The third-order valence-corrected chi connectivity index (χ3v) is 5.03. The maximum Gasteiger partial charge on any atom is 0.110 e. The predicted octanol–water partition coefficient (Wildman–Crippen LogP) is 3.91. The van der Waals surface area contributed by atoms with Crippen LogP contribution in [0, 0.1) is 5.92 Å². The van der Waals surface area contributed by atoms with Gasteiger partial charge in [-0.1, -0.05) is 33.6 Å². The Morgan fingerprint density at radius 3 is 2.65 bits per heavy atom. The lowest BCUT2D eigenvalue weighted by Crippen LogP contribution is -2.30. The Kier molecular flexibility index (Phi) is 5.58. The van der Waals surface area contributed by atoms with Crippen LogP contribution in [-0.4, -0.2) is 25.2 Å². The lowest BCUT2D eigenvalue weighted by atomic mass is 9.93. The van der Waals surface area contributed by atoms with Crippen molar-refractivity contribution in [2.45, 2.75) is 57.9 Å². The van der Waals surface area contributed by atoms with E-state index < -0.39 is 0 Å². The molecule has 4 heteroatoms. The molecule has 0 aliphatic heterocycles. The highest BCUT2D eigenvalue weighted by Crippen LogP contribution is 2.37. The van der Waals surface area contributed by atoms with E-state index >= 15 is 0 Å². The minimum Gasteiger partial charge on any atom is -0.383 e. The molecule has 0 aromatic carbocycles. The number of hydrogen-bond acceptors (Lipinski definition) is 4. The fraction of sp³-hybridized carbons (Fsp3) is 0.812. The quantitative estimate of drug-likeness (QED) is 0.808. The Hall–Kier alpha value is -0.450. The first-order chi connectivity index (χ1) is 9.52. The van der Waals surface area contributed by atoms with Crippen molar-refractivity contribution in [2.24, 2.45) is 5.92 Å². The smallest absolute Gasteiger partial charge is 0.110 e. The SMILES string of the molecule is COCCNC(c1nc(C(C)(C)C)cs1)C1CCCC1. The van der Waals surface area contributed by atoms with Gasteiger partial charge in [0.2, 0.25) is 0 Å². The zero-order valence-corrected chi connectivity index (χ0v) is 14.1. The van der Waals surface area contributed by atoms with Crippen LogP contribution in [0.15, 0.2) is 5.38 Å².